The largest absolute Gasteiger partial charge is 0.385 e. The van der Waals surface area contributed by atoms with Crippen molar-refractivity contribution in [1.82, 2.24) is 0 Å². The molecule has 1 aromatic rings. The number of benzene rings is 1. The Morgan fingerprint density at radius 1 is 1.22 bits per heavy atom. The van der Waals surface area contributed by atoms with Gasteiger partial charge in [0.25, 0.3) is 0 Å². The van der Waals surface area contributed by atoms with Crippen LogP contribution in [0.2, 0.25) is 0 Å². The fraction of sp³-hybridized carbons (Fsp3) is 0.500. The smallest absolute Gasteiger partial charge is 0.0555 e. The summed E-state index contributed by atoms with van der Waals surface area (Å²) in [5.41, 5.74) is 7.59. The third-order valence-electron chi connectivity index (χ3n) is 3.52. The second kappa shape index (κ2) is 7.08. The number of hydrogen-bond donors (Lipinski definition) is 2. The fourth-order valence-corrected chi connectivity index (χ4v) is 2.51. The third kappa shape index (κ3) is 4.09. The van der Waals surface area contributed by atoms with Crippen LogP contribution in [0.4, 0.5) is 5.69 Å². The Bertz CT molecular complexity index is 422. The summed E-state index contributed by atoms with van der Waals surface area (Å²) < 4.78 is 0. The molecule has 0 amide bonds. The van der Waals surface area contributed by atoms with E-state index in [1.54, 1.807) is 0 Å². The van der Waals surface area contributed by atoms with Gasteiger partial charge in [-0.2, -0.15) is 0 Å². The number of hydrogen-bond acceptors (Lipinski definition) is 2. The van der Waals surface area contributed by atoms with Gasteiger partial charge in [0, 0.05) is 17.8 Å². The molecule has 0 unspecified atom stereocenters. The maximum atomic E-state index is 5.38. The van der Waals surface area contributed by atoms with Gasteiger partial charge in [-0.3, -0.25) is 0 Å². The van der Waals surface area contributed by atoms with Crippen LogP contribution in [-0.4, -0.2) is 13.1 Å². The van der Waals surface area contributed by atoms with E-state index in [1.807, 2.05) is 12.1 Å². The molecule has 1 aliphatic rings. The Morgan fingerprint density at radius 2 is 2.06 bits per heavy atom. The predicted octanol–water partition coefficient (Wildman–Crippen LogP) is 2.99. The Kier molecular flexibility index (Phi) is 5.11. The topological polar surface area (TPSA) is 38.0 Å². The molecular weight excluding hydrogens is 220 g/mol. The molecule has 0 heterocycles. The molecule has 3 N–H and O–H groups in total. The molecule has 0 aliphatic heterocycles. The molecule has 1 aliphatic carbocycles. The van der Waals surface area contributed by atoms with Crippen molar-refractivity contribution in [1.29, 1.82) is 0 Å². The molecule has 2 heteroatoms. The molecule has 0 aromatic heterocycles. The fourth-order valence-electron chi connectivity index (χ4n) is 2.51. The van der Waals surface area contributed by atoms with Crippen molar-refractivity contribution in [3.05, 3.63) is 29.8 Å². The lowest BCUT2D eigenvalue weighted by Crippen LogP contribution is -2.17. The van der Waals surface area contributed by atoms with Crippen LogP contribution >= 0.6 is 0 Å². The third-order valence-corrected chi connectivity index (χ3v) is 3.52. The van der Waals surface area contributed by atoms with Crippen LogP contribution in [0.1, 0.15) is 37.7 Å². The highest BCUT2D eigenvalue weighted by molar-refractivity contribution is 5.50. The summed E-state index contributed by atoms with van der Waals surface area (Å²) in [4.78, 5) is 0. The van der Waals surface area contributed by atoms with Crippen LogP contribution in [0.3, 0.4) is 0 Å². The SMILES string of the molecule is NCC#Cc1cccc(NCC2CCCCC2)c1. The van der Waals surface area contributed by atoms with E-state index in [0.717, 1.165) is 18.0 Å². The van der Waals surface area contributed by atoms with Gasteiger partial charge < -0.3 is 11.1 Å². The molecule has 1 saturated carbocycles. The second-order valence-corrected chi connectivity index (χ2v) is 4.97. The first-order valence-corrected chi connectivity index (χ1v) is 6.91. The van der Waals surface area contributed by atoms with Gasteiger partial charge in [-0.05, 0) is 37.0 Å². The van der Waals surface area contributed by atoms with Gasteiger partial charge in [0.1, 0.15) is 0 Å². The minimum absolute atomic E-state index is 0.416. The summed E-state index contributed by atoms with van der Waals surface area (Å²) >= 11 is 0. The molecule has 0 bridgehead atoms. The van der Waals surface area contributed by atoms with Gasteiger partial charge >= 0.3 is 0 Å². The molecule has 1 fully saturated rings. The molecular formula is C16H22N2. The summed E-state index contributed by atoms with van der Waals surface area (Å²) in [7, 11) is 0. The van der Waals surface area contributed by atoms with E-state index in [9.17, 15) is 0 Å². The van der Waals surface area contributed by atoms with Crippen molar-refractivity contribution in [3.63, 3.8) is 0 Å². The number of nitrogens with one attached hydrogen (secondary N) is 1. The lowest BCUT2D eigenvalue weighted by molar-refractivity contribution is 0.373. The van der Waals surface area contributed by atoms with Crippen LogP contribution in [0.5, 0.6) is 0 Å². The first-order chi connectivity index (χ1) is 8.88. The maximum Gasteiger partial charge on any atom is 0.0555 e. The highest BCUT2D eigenvalue weighted by Crippen LogP contribution is 2.24. The highest BCUT2D eigenvalue weighted by atomic mass is 14.9. The highest BCUT2D eigenvalue weighted by Gasteiger charge is 2.12. The summed E-state index contributed by atoms with van der Waals surface area (Å²) in [6, 6.07) is 8.28. The first-order valence-electron chi connectivity index (χ1n) is 6.91. The van der Waals surface area contributed by atoms with Crippen molar-refractivity contribution in [3.8, 4) is 11.8 Å². The number of nitrogens with two attached hydrogens (primary N) is 1. The molecule has 2 rings (SSSR count). The minimum Gasteiger partial charge on any atom is -0.385 e. The van der Waals surface area contributed by atoms with E-state index >= 15 is 0 Å². The quantitative estimate of drug-likeness (QED) is 0.800. The molecule has 1 aromatic carbocycles. The lowest BCUT2D eigenvalue weighted by Gasteiger charge is -2.22. The van der Waals surface area contributed by atoms with Crippen molar-refractivity contribution in [2.75, 3.05) is 18.4 Å². The van der Waals surface area contributed by atoms with Crippen molar-refractivity contribution in [2.24, 2.45) is 11.7 Å². The Balaban J connectivity index is 1.88. The van der Waals surface area contributed by atoms with Gasteiger partial charge in [0.05, 0.1) is 6.54 Å². The molecule has 18 heavy (non-hydrogen) atoms. The maximum absolute atomic E-state index is 5.38. The zero-order valence-electron chi connectivity index (χ0n) is 10.9. The predicted molar refractivity (Wildman–Crippen MR) is 77.4 cm³/mol. The van der Waals surface area contributed by atoms with E-state index in [2.05, 4.69) is 29.3 Å². The molecule has 0 radical (unpaired) electrons. The number of anilines is 1. The average Bonchev–Trinajstić information content (AvgIpc) is 2.44. The molecule has 96 valence electrons. The summed E-state index contributed by atoms with van der Waals surface area (Å²) in [6.07, 6.45) is 6.96. The van der Waals surface area contributed by atoms with Crippen LogP contribution in [0.25, 0.3) is 0 Å². The molecule has 0 atom stereocenters. The molecule has 0 saturated heterocycles. The van der Waals surface area contributed by atoms with Crippen LogP contribution in [0, 0.1) is 17.8 Å². The van der Waals surface area contributed by atoms with Gasteiger partial charge in [-0.15, -0.1) is 0 Å². The van der Waals surface area contributed by atoms with E-state index < -0.39 is 0 Å². The van der Waals surface area contributed by atoms with E-state index in [0.29, 0.717) is 6.54 Å². The lowest BCUT2D eigenvalue weighted by atomic mass is 9.89. The Hall–Kier alpha value is -1.46. The summed E-state index contributed by atoms with van der Waals surface area (Å²) in [5, 5.41) is 3.53. The van der Waals surface area contributed by atoms with Gasteiger partial charge in [-0.1, -0.05) is 37.2 Å². The summed E-state index contributed by atoms with van der Waals surface area (Å²) in [5.74, 6) is 6.80. The van der Waals surface area contributed by atoms with Gasteiger partial charge in [-0.25, -0.2) is 0 Å². The Morgan fingerprint density at radius 3 is 2.83 bits per heavy atom. The van der Waals surface area contributed by atoms with E-state index in [1.165, 1.54) is 37.8 Å². The van der Waals surface area contributed by atoms with Gasteiger partial charge in [0.2, 0.25) is 0 Å². The van der Waals surface area contributed by atoms with Crippen LogP contribution in [0.15, 0.2) is 24.3 Å². The second-order valence-electron chi connectivity index (χ2n) is 4.97. The zero-order valence-corrected chi connectivity index (χ0v) is 10.9. The van der Waals surface area contributed by atoms with E-state index in [-0.39, 0.29) is 0 Å². The standard InChI is InChI=1S/C16H22N2/c17-11-5-9-14-8-4-10-16(12-14)18-13-15-6-2-1-3-7-15/h4,8,10,12,15,18H,1-3,6-7,11,13,17H2. The van der Waals surface area contributed by atoms with E-state index in [4.69, 9.17) is 5.73 Å². The van der Waals surface area contributed by atoms with Crippen molar-refractivity contribution < 1.29 is 0 Å². The normalized spacial score (nSPS) is 15.8. The molecule has 2 nitrogen and oxygen atoms in total. The van der Waals surface area contributed by atoms with Crippen LogP contribution < -0.4 is 11.1 Å². The average molecular weight is 242 g/mol. The van der Waals surface area contributed by atoms with Crippen LogP contribution in [-0.2, 0) is 0 Å². The first kappa shape index (κ1) is 13.0. The monoisotopic (exact) mass is 242 g/mol. The van der Waals surface area contributed by atoms with Crippen molar-refractivity contribution >= 4 is 5.69 Å². The number of rotatable bonds is 3. The summed E-state index contributed by atoms with van der Waals surface area (Å²) in [6.45, 7) is 1.51. The molecule has 0 spiro atoms. The van der Waals surface area contributed by atoms with Crippen molar-refractivity contribution in [2.45, 2.75) is 32.1 Å². The zero-order chi connectivity index (χ0) is 12.6. The van der Waals surface area contributed by atoms with Gasteiger partial charge in [0.15, 0.2) is 0 Å². The minimum atomic E-state index is 0.416. The Labute approximate surface area is 110 Å².